The van der Waals surface area contributed by atoms with Crippen molar-refractivity contribution in [2.75, 3.05) is 33.4 Å². The van der Waals surface area contributed by atoms with Crippen LogP contribution in [0, 0.1) is 0 Å². The van der Waals surface area contributed by atoms with Crippen LogP contribution in [-0.4, -0.2) is 50.5 Å². The van der Waals surface area contributed by atoms with E-state index in [0.29, 0.717) is 18.8 Å². The maximum Gasteiger partial charge on any atom is 0.0704 e. The van der Waals surface area contributed by atoms with Crippen LogP contribution in [0.4, 0.5) is 0 Å². The van der Waals surface area contributed by atoms with Gasteiger partial charge in [0.05, 0.1) is 19.3 Å². The third-order valence-corrected chi connectivity index (χ3v) is 2.85. The Hall–Kier alpha value is -0.120. The summed E-state index contributed by atoms with van der Waals surface area (Å²) in [7, 11) is 1.71. The van der Waals surface area contributed by atoms with Gasteiger partial charge in [0.25, 0.3) is 0 Å². The van der Waals surface area contributed by atoms with E-state index in [1.807, 2.05) is 0 Å². The molecule has 1 aliphatic heterocycles. The quantitative estimate of drug-likeness (QED) is 0.630. The van der Waals surface area contributed by atoms with E-state index < -0.39 is 0 Å². The first-order valence-electron chi connectivity index (χ1n) is 5.58. The van der Waals surface area contributed by atoms with Crippen molar-refractivity contribution in [2.45, 2.75) is 38.8 Å². The number of piperidine rings is 1. The average Bonchev–Trinajstić information content (AvgIpc) is 2.19. The van der Waals surface area contributed by atoms with Gasteiger partial charge in [0.15, 0.2) is 0 Å². The molecule has 14 heavy (non-hydrogen) atoms. The van der Waals surface area contributed by atoms with Gasteiger partial charge in [0.2, 0.25) is 0 Å². The molecule has 0 spiro atoms. The summed E-state index contributed by atoms with van der Waals surface area (Å²) in [5, 5.41) is 0. The van der Waals surface area contributed by atoms with Crippen LogP contribution in [0.5, 0.6) is 0 Å². The van der Waals surface area contributed by atoms with Crippen molar-refractivity contribution >= 4 is 0 Å². The number of likely N-dealkylation sites (tertiary alicyclic amines) is 1. The van der Waals surface area contributed by atoms with Gasteiger partial charge in [-0.2, -0.15) is 0 Å². The summed E-state index contributed by atoms with van der Waals surface area (Å²) >= 11 is 0. The Morgan fingerprint density at radius 3 is 2.36 bits per heavy atom. The molecular weight excluding hydrogens is 178 g/mol. The lowest BCUT2D eigenvalue weighted by atomic mass is 10.1. The molecule has 0 unspecified atom stereocenters. The first-order valence-corrected chi connectivity index (χ1v) is 5.58. The fraction of sp³-hybridized carbons (Fsp3) is 1.00. The molecule has 0 aliphatic carbocycles. The Labute approximate surface area is 87.4 Å². The second-order valence-corrected chi connectivity index (χ2v) is 4.19. The molecule has 3 nitrogen and oxygen atoms in total. The maximum atomic E-state index is 5.70. The van der Waals surface area contributed by atoms with Crippen LogP contribution in [0.25, 0.3) is 0 Å². The molecule has 1 fully saturated rings. The lowest BCUT2D eigenvalue weighted by Gasteiger charge is -2.34. The largest absolute Gasteiger partial charge is 0.382 e. The van der Waals surface area contributed by atoms with Crippen molar-refractivity contribution < 1.29 is 9.47 Å². The zero-order valence-electron chi connectivity index (χ0n) is 9.66. The molecular formula is C11H23NO2. The van der Waals surface area contributed by atoms with Gasteiger partial charge < -0.3 is 14.4 Å². The Morgan fingerprint density at radius 1 is 1.21 bits per heavy atom. The van der Waals surface area contributed by atoms with Crippen LogP contribution in [0.3, 0.4) is 0 Å². The molecule has 1 aliphatic rings. The molecule has 1 heterocycles. The summed E-state index contributed by atoms with van der Waals surface area (Å²) < 4.78 is 10.7. The highest BCUT2D eigenvalue weighted by Crippen LogP contribution is 2.15. The predicted molar refractivity (Wildman–Crippen MR) is 57.6 cm³/mol. The van der Waals surface area contributed by atoms with Crippen LogP contribution in [-0.2, 0) is 9.47 Å². The Balaban J connectivity index is 2.09. The Morgan fingerprint density at radius 2 is 1.86 bits per heavy atom. The second kappa shape index (κ2) is 6.38. The second-order valence-electron chi connectivity index (χ2n) is 4.19. The standard InChI is InChI=1S/C11H23NO2/c1-10(2)12-6-4-11(5-7-12)14-9-8-13-3/h10-11H,4-9H2,1-3H3. The van der Waals surface area contributed by atoms with E-state index in [0.717, 1.165) is 6.61 Å². The minimum Gasteiger partial charge on any atom is -0.382 e. The van der Waals surface area contributed by atoms with Crippen LogP contribution >= 0.6 is 0 Å². The number of rotatable bonds is 5. The summed E-state index contributed by atoms with van der Waals surface area (Å²) in [4.78, 5) is 2.51. The number of nitrogens with zero attached hydrogens (tertiary/aromatic N) is 1. The third kappa shape index (κ3) is 3.95. The van der Waals surface area contributed by atoms with E-state index in [1.54, 1.807) is 7.11 Å². The molecule has 0 aromatic carbocycles. The third-order valence-electron chi connectivity index (χ3n) is 2.85. The van der Waals surface area contributed by atoms with Crippen LogP contribution in [0.15, 0.2) is 0 Å². The number of hydrogen-bond donors (Lipinski definition) is 0. The highest BCUT2D eigenvalue weighted by molar-refractivity contribution is 4.74. The fourth-order valence-corrected chi connectivity index (χ4v) is 1.86. The number of hydrogen-bond acceptors (Lipinski definition) is 3. The summed E-state index contributed by atoms with van der Waals surface area (Å²) in [6, 6.07) is 0.676. The lowest BCUT2D eigenvalue weighted by Crippen LogP contribution is -2.41. The Kier molecular flexibility index (Phi) is 5.45. The molecule has 0 atom stereocenters. The topological polar surface area (TPSA) is 21.7 Å². The van der Waals surface area contributed by atoms with E-state index in [2.05, 4.69) is 18.7 Å². The normalized spacial score (nSPS) is 20.6. The first kappa shape index (κ1) is 12.0. The summed E-state index contributed by atoms with van der Waals surface area (Å²) in [5.41, 5.74) is 0. The van der Waals surface area contributed by atoms with Gasteiger partial charge in [-0.05, 0) is 26.7 Å². The molecule has 84 valence electrons. The monoisotopic (exact) mass is 201 g/mol. The van der Waals surface area contributed by atoms with Crippen LogP contribution in [0.2, 0.25) is 0 Å². The van der Waals surface area contributed by atoms with Gasteiger partial charge >= 0.3 is 0 Å². The smallest absolute Gasteiger partial charge is 0.0704 e. The van der Waals surface area contributed by atoms with Gasteiger partial charge in [0.1, 0.15) is 0 Å². The fourth-order valence-electron chi connectivity index (χ4n) is 1.86. The predicted octanol–water partition coefficient (Wildman–Crippen LogP) is 1.52. The van der Waals surface area contributed by atoms with E-state index >= 15 is 0 Å². The van der Waals surface area contributed by atoms with Crippen LogP contribution in [0.1, 0.15) is 26.7 Å². The molecule has 0 aromatic heterocycles. The van der Waals surface area contributed by atoms with E-state index in [1.165, 1.54) is 25.9 Å². The molecule has 0 N–H and O–H groups in total. The van der Waals surface area contributed by atoms with Crippen molar-refractivity contribution in [3.05, 3.63) is 0 Å². The summed E-state index contributed by atoms with van der Waals surface area (Å²) in [6.45, 7) is 8.32. The zero-order chi connectivity index (χ0) is 10.4. The van der Waals surface area contributed by atoms with Crippen molar-refractivity contribution in [1.29, 1.82) is 0 Å². The molecule has 1 rings (SSSR count). The van der Waals surface area contributed by atoms with Crippen LogP contribution < -0.4 is 0 Å². The molecule has 0 amide bonds. The SMILES string of the molecule is COCCOC1CCN(C(C)C)CC1. The van der Waals surface area contributed by atoms with Crippen molar-refractivity contribution in [3.8, 4) is 0 Å². The zero-order valence-corrected chi connectivity index (χ0v) is 9.66. The minimum absolute atomic E-state index is 0.458. The van der Waals surface area contributed by atoms with Gasteiger partial charge in [-0.15, -0.1) is 0 Å². The first-order chi connectivity index (χ1) is 6.74. The summed E-state index contributed by atoms with van der Waals surface area (Å²) in [5.74, 6) is 0. The Bertz CT molecular complexity index is 142. The molecule has 1 saturated heterocycles. The number of ether oxygens (including phenoxy) is 2. The molecule has 0 bridgehead atoms. The van der Waals surface area contributed by atoms with Gasteiger partial charge in [-0.25, -0.2) is 0 Å². The summed E-state index contributed by atoms with van der Waals surface area (Å²) in [6.07, 6.45) is 2.80. The van der Waals surface area contributed by atoms with Crippen molar-refractivity contribution in [1.82, 2.24) is 4.90 Å². The van der Waals surface area contributed by atoms with Crippen molar-refractivity contribution in [3.63, 3.8) is 0 Å². The minimum atomic E-state index is 0.458. The van der Waals surface area contributed by atoms with Gasteiger partial charge in [-0.1, -0.05) is 0 Å². The van der Waals surface area contributed by atoms with Gasteiger partial charge in [0, 0.05) is 26.2 Å². The van der Waals surface area contributed by atoms with Crippen molar-refractivity contribution in [2.24, 2.45) is 0 Å². The molecule has 0 aromatic rings. The highest BCUT2D eigenvalue weighted by atomic mass is 16.5. The highest BCUT2D eigenvalue weighted by Gasteiger charge is 2.20. The maximum absolute atomic E-state index is 5.70. The van der Waals surface area contributed by atoms with E-state index in [9.17, 15) is 0 Å². The average molecular weight is 201 g/mol. The lowest BCUT2D eigenvalue weighted by molar-refractivity contribution is -0.0189. The van der Waals surface area contributed by atoms with Gasteiger partial charge in [-0.3, -0.25) is 0 Å². The molecule has 0 saturated carbocycles. The molecule has 3 heteroatoms. The van der Waals surface area contributed by atoms with E-state index in [-0.39, 0.29) is 0 Å². The number of methoxy groups -OCH3 is 1. The van der Waals surface area contributed by atoms with E-state index in [4.69, 9.17) is 9.47 Å². The molecule has 0 radical (unpaired) electrons.